The van der Waals surface area contributed by atoms with Gasteiger partial charge in [-0.05, 0) is 37.8 Å². The second-order valence-corrected chi connectivity index (χ2v) is 9.17. The average Bonchev–Trinajstić information content (AvgIpc) is 2.84. The molecule has 1 aliphatic rings. The average molecular weight is 489 g/mol. The summed E-state index contributed by atoms with van der Waals surface area (Å²) in [5.74, 6) is -0.250. The van der Waals surface area contributed by atoms with Gasteiger partial charge in [-0.2, -0.15) is 4.99 Å². The van der Waals surface area contributed by atoms with Gasteiger partial charge in [0, 0.05) is 18.0 Å². The molecule has 11 nitrogen and oxygen atoms in total. The lowest BCUT2D eigenvalue weighted by Crippen LogP contribution is -2.47. The molecule has 4 rings (SSSR count). The number of carbonyl (C=O) groups is 2. The Hall–Kier alpha value is -4.41. The van der Waals surface area contributed by atoms with E-state index in [4.69, 9.17) is 16.2 Å². The Bertz CT molecular complexity index is 1280. The first kappa shape index (κ1) is 24.7. The van der Waals surface area contributed by atoms with Crippen LogP contribution in [0.1, 0.15) is 49.2 Å². The summed E-state index contributed by atoms with van der Waals surface area (Å²) in [6, 6.07) is 7.90. The Labute approximate surface area is 208 Å². The monoisotopic (exact) mass is 488 g/mol. The number of nitrogens with one attached hydrogen (secondary N) is 1. The van der Waals surface area contributed by atoms with Gasteiger partial charge in [0.15, 0.2) is 0 Å². The Balaban J connectivity index is 1.50. The van der Waals surface area contributed by atoms with E-state index in [1.165, 1.54) is 19.5 Å². The van der Waals surface area contributed by atoms with E-state index in [0.29, 0.717) is 5.82 Å². The minimum absolute atomic E-state index is 0.0487. The zero-order valence-electron chi connectivity index (χ0n) is 20.4. The summed E-state index contributed by atoms with van der Waals surface area (Å²) in [5.41, 5.74) is 13.3. The first-order valence-corrected chi connectivity index (χ1v) is 11.4. The third-order valence-corrected chi connectivity index (χ3v) is 6.37. The summed E-state index contributed by atoms with van der Waals surface area (Å²) in [6.07, 6.45) is 8.56. The molecule has 0 aliphatic heterocycles. The predicted molar refractivity (Wildman–Crippen MR) is 135 cm³/mol. The van der Waals surface area contributed by atoms with Gasteiger partial charge in [-0.15, -0.1) is 0 Å². The Morgan fingerprint density at radius 3 is 2.19 bits per heavy atom. The van der Waals surface area contributed by atoms with Gasteiger partial charge in [0.2, 0.25) is 5.95 Å². The smallest absolute Gasteiger partial charge is 0.330 e. The number of nitrogens with two attached hydrogens (primary N) is 2. The number of aromatic nitrogens is 4. The van der Waals surface area contributed by atoms with Crippen LogP contribution in [0.25, 0.3) is 11.1 Å². The Morgan fingerprint density at radius 2 is 1.67 bits per heavy atom. The molecule has 0 spiro atoms. The molecule has 3 aromatic rings. The summed E-state index contributed by atoms with van der Waals surface area (Å²) >= 11 is 0. The normalized spacial score (nSPS) is 15.0. The largest absolute Gasteiger partial charge is 0.467 e. The van der Waals surface area contributed by atoms with E-state index in [-0.39, 0.29) is 17.5 Å². The molecule has 1 fully saturated rings. The van der Waals surface area contributed by atoms with Crippen molar-refractivity contribution in [3.63, 3.8) is 0 Å². The van der Waals surface area contributed by atoms with E-state index in [9.17, 15) is 9.59 Å². The summed E-state index contributed by atoms with van der Waals surface area (Å²) < 4.78 is 4.77. The fraction of sp³-hybridized carbons (Fsp3) is 0.320. The molecular weight excluding hydrogens is 460 g/mol. The second-order valence-electron chi connectivity index (χ2n) is 9.17. The number of aliphatic imine (C=N–C) groups is 1. The molecule has 0 atom stereocenters. The van der Waals surface area contributed by atoms with Crippen molar-refractivity contribution < 1.29 is 14.3 Å². The number of methoxy groups -OCH3 is 1. The number of rotatable bonds is 7. The van der Waals surface area contributed by atoms with Gasteiger partial charge >= 0.3 is 5.97 Å². The third-order valence-electron chi connectivity index (χ3n) is 6.37. The van der Waals surface area contributed by atoms with Gasteiger partial charge in [-0.3, -0.25) is 4.79 Å². The minimum atomic E-state index is -1.01. The summed E-state index contributed by atoms with van der Waals surface area (Å²) in [5, 5.41) is 2.92. The number of esters is 1. The van der Waals surface area contributed by atoms with Crippen molar-refractivity contribution in [1.82, 2.24) is 19.9 Å². The van der Waals surface area contributed by atoms with Crippen LogP contribution in [0.2, 0.25) is 0 Å². The molecule has 1 amide bonds. The van der Waals surface area contributed by atoms with Crippen LogP contribution in [0.15, 0.2) is 54.0 Å². The fourth-order valence-electron chi connectivity index (χ4n) is 4.09. The van der Waals surface area contributed by atoms with Crippen LogP contribution in [0.5, 0.6) is 0 Å². The number of amidine groups is 1. The molecule has 0 unspecified atom stereocenters. The summed E-state index contributed by atoms with van der Waals surface area (Å²) in [4.78, 5) is 45.2. The molecule has 0 bridgehead atoms. The van der Waals surface area contributed by atoms with Crippen LogP contribution in [0.3, 0.4) is 0 Å². The van der Waals surface area contributed by atoms with E-state index < -0.39 is 22.8 Å². The van der Waals surface area contributed by atoms with Crippen LogP contribution in [0, 0.1) is 0 Å². The van der Waals surface area contributed by atoms with E-state index in [0.717, 1.165) is 36.0 Å². The lowest BCUT2D eigenvalue weighted by molar-refractivity contribution is -0.144. The number of benzene rings is 1. The van der Waals surface area contributed by atoms with Crippen molar-refractivity contribution in [3.05, 3.63) is 60.3 Å². The number of hydrogen-bond donors (Lipinski definition) is 3. The molecule has 0 saturated heterocycles. The van der Waals surface area contributed by atoms with E-state index >= 15 is 0 Å². The zero-order chi connectivity index (χ0) is 25.9. The van der Waals surface area contributed by atoms with Gasteiger partial charge in [-0.1, -0.05) is 30.7 Å². The van der Waals surface area contributed by atoms with E-state index in [1.807, 2.05) is 24.3 Å². The van der Waals surface area contributed by atoms with Crippen molar-refractivity contribution in [3.8, 4) is 11.1 Å². The van der Waals surface area contributed by atoms with Crippen LogP contribution in [-0.4, -0.2) is 50.3 Å². The van der Waals surface area contributed by atoms with E-state index in [1.54, 1.807) is 26.2 Å². The highest BCUT2D eigenvalue weighted by atomic mass is 16.5. The van der Waals surface area contributed by atoms with Gasteiger partial charge in [0.1, 0.15) is 22.9 Å². The first-order valence-electron chi connectivity index (χ1n) is 11.4. The molecule has 2 aromatic heterocycles. The first-order chi connectivity index (χ1) is 17.1. The van der Waals surface area contributed by atoms with Crippen molar-refractivity contribution >= 4 is 29.5 Å². The number of hydrogen-bond acceptors (Lipinski definition) is 9. The molecule has 2 heterocycles. The van der Waals surface area contributed by atoms with Gasteiger partial charge in [0.05, 0.1) is 24.9 Å². The molecule has 5 N–H and O–H groups in total. The number of nitrogens with zero attached hydrogens (tertiary/aromatic N) is 5. The maximum absolute atomic E-state index is 12.8. The lowest BCUT2D eigenvalue weighted by Gasteiger charge is -2.41. The standard InChI is InChI=1S/C25H28N8O3/c1-24(2,22(35)36-3)33-19-14-28-18(13-29-19)20(34)32-21(26)25(9-4-10-25)17-7-5-15(6-8-17)16-11-30-23(27)31-12-16/h5-8,11-14H,4,9-10H2,1-3H3,(H,29,33)(H2,26,32,34)(H2,27,30,31). The quantitative estimate of drug-likeness (QED) is 0.255. The Morgan fingerprint density at radius 1 is 1.00 bits per heavy atom. The summed E-state index contributed by atoms with van der Waals surface area (Å²) in [6.45, 7) is 3.30. The van der Waals surface area contributed by atoms with Crippen molar-refractivity contribution in [2.45, 2.75) is 44.1 Å². The highest BCUT2D eigenvalue weighted by molar-refractivity contribution is 6.05. The van der Waals surface area contributed by atoms with Gasteiger partial charge < -0.3 is 21.5 Å². The molecule has 1 aromatic carbocycles. The molecular formula is C25H28N8O3. The van der Waals surface area contributed by atoms with Crippen LogP contribution < -0.4 is 16.8 Å². The molecule has 186 valence electrons. The number of nitrogen functional groups attached to an aromatic ring is 1. The van der Waals surface area contributed by atoms with Gasteiger partial charge in [-0.25, -0.2) is 24.7 Å². The highest BCUT2D eigenvalue weighted by Crippen LogP contribution is 2.44. The number of carbonyl (C=O) groups excluding carboxylic acids is 2. The highest BCUT2D eigenvalue weighted by Gasteiger charge is 2.43. The number of amides is 1. The second kappa shape index (κ2) is 9.68. The maximum Gasteiger partial charge on any atom is 0.330 e. The molecule has 1 saturated carbocycles. The molecule has 0 radical (unpaired) electrons. The maximum atomic E-state index is 12.8. The predicted octanol–water partition coefficient (Wildman–Crippen LogP) is 2.50. The van der Waals surface area contributed by atoms with Crippen LogP contribution in [0.4, 0.5) is 11.8 Å². The topological polar surface area (TPSA) is 171 Å². The molecule has 36 heavy (non-hydrogen) atoms. The lowest BCUT2D eigenvalue weighted by atomic mass is 9.63. The molecule has 11 heteroatoms. The van der Waals surface area contributed by atoms with Crippen LogP contribution in [-0.2, 0) is 14.9 Å². The van der Waals surface area contributed by atoms with Crippen molar-refractivity contribution in [2.24, 2.45) is 10.7 Å². The van der Waals surface area contributed by atoms with Crippen molar-refractivity contribution in [1.29, 1.82) is 0 Å². The number of ether oxygens (including phenoxy) is 1. The third kappa shape index (κ3) is 4.85. The SMILES string of the molecule is COC(=O)C(C)(C)Nc1cnc(C(=O)N=C(N)C2(c3ccc(-c4cnc(N)nc4)cc3)CCC2)cn1. The summed E-state index contributed by atoms with van der Waals surface area (Å²) in [7, 11) is 1.31. The fourth-order valence-corrected chi connectivity index (χ4v) is 4.09. The number of anilines is 2. The zero-order valence-corrected chi connectivity index (χ0v) is 20.4. The van der Waals surface area contributed by atoms with E-state index in [2.05, 4.69) is 30.2 Å². The Kier molecular flexibility index (Phi) is 6.65. The molecule has 1 aliphatic carbocycles. The van der Waals surface area contributed by atoms with Gasteiger partial charge in [0.25, 0.3) is 5.91 Å². The van der Waals surface area contributed by atoms with Crippen LogP contribution >= 0.6 is 0 Å². The minimum Gasteiger partial charge on any atom is -0.467 e. The van der Waals surface area contributed by atoms with Crippen molar-refractivity contribution in [2.75, 3.05) is 18.2 Å².